The Labute approximate surface area is 97.9 Å². The minimum Gasteiger partial charge on any atom is -0.366 e. The third-order valence-electron chi connectivity index (χ3n) is 3.19. The molecule has 0 amide bonds. The Morgan fingerprint density at radius 1 is 1.50 bits per heavy atom. The number of rotatable bonds is 3. The number of aromatic nitrogens is 1. The van der Waals surface area contributed by atoms with Gasteiger partial charge in [0.1, 0.15) is 5.82 Å². The summed E-state index contributed by atoms with van der Waals surface area (Å²) in [7, 11) is 0. The summed E-state index contributed by atoms with van der Waals surface area (Å²) in [5.41, 5.74) is 1.08. The Morgan fingerprint density at radius 2 is 2.38 bits per heavy atom. The standard InChI is InChI=1S/C13H21N3/c1-3-16-9-5-7-12(10-16)15-13-8-4-6-11(2)14-13/h4,6,8,12H,3,5,7,9-10H2,1-2H3,(H,14,15). The molecule has 1 aromatic heterocycles. The topological polar surface area (TPSA) is 28.2 Å². The molecule has 3 nitrogen and oxygen atoms in total. The van der Waals surface area contributed by atoms with E-state index in [9.17, 15) is 0 Å². The van der Waals surface area contributed by atoms with Crippen molar-refractivity contribution >= 4 is 5.82 Å². The lowest BCUT2D eigenvalue weighted by atomic mass is 10.1. The normalized spacial score (nSPS) is 22.0. The van der Waals surface area contributed by atoms with E-state index in [0.29, 0.717) is 6.04 Å². The largest absolute Gasteiger partial charge is 0.366 e. The summed E-state index contributed by atoms with van der Waals surface area (Å²) in [4.78, 5) is 6.99. The Kier molecular flexibility index (Phi) is 3.78. The van der Waals surface area contributed by atoms with Gasteiger partial charge in [-0.3, -0.25) is 0 Å². The van der Waals surface area contributed by atoms with E-state index < -0.39 is 0 Å². The summed E-state index contributed by atoms with van der Waals surface area (Å²) in [5.74, 6) is 1.02. The molecule has 2 heterocycles. The van der Waals surface area contributed by atoms with Crippen LogP contribution in [0.4, 0.5) is 5.82 Å². The van der Waals surface area contributed by atoms with Gasteiger partial charge in [-0.25, -0.2) is 4.98 Å². The third kappa shape index (κ3) is 2.95. The SMILES string of the molecule is CCN1CCCC(Nc2cccc(C)n2)C1. The predicted molar refractivity (Wildman–Crippen MR) is 67.7 cm³/mol. The van der Waals surface area contributed by atoms with Crippen molar-refractivity contribution in [2.24, 2.45) is 0 Å². The Bertz CT molecular complexity index is 338. The van der Waals surface area contributed by atoms with Crippen LogP contribution in [0.15, 0.2) is 18.2 Å². The second kappa shape index (κ2) is 5.30. The molecule has 1 atom stereocenters. The fourth-order valence-electron chi connectivity index (χ4n) is 2.29. The molecule has 0 spiro atoms. The van der Waals surface area contributed by atoms with Gasteiger partial charge in [0.15, 0.2) is 0 Å². The van der Waals surface area contributed by atoms with Gasteiger partial charge in [0.2, 0.25) is 0 Å². The fourth-order valence-corrected chi connectivity index (χ4v) is 2.29. The molecule has 0 radical (unpaired) electrons. The lowest BCUT2D eigenvalue weighted by Crippen LogP contribution is -2.41. The van der Waals surface area contributed by atoms with Crippen LogP contribution in [0.2, 0.25) is 0 Å². The van der Waals surface area contributed by atoms with E-state index in [4.69, 9.17) is 0 Å². The summed E-state index contributed by atoms with van der Waals surface area (Å²) < 4.78 is 0. The zero-order chi connectivity index (χ0) is 11.4. The molecule has 0 saturated carbocycles. The van der Waals surface area contributed by atoms with Crippen LogP contribution in [-0.2, 0) is 0 Å². The van der Waals surface area contributed by atoms with Crippen LogP contribution in [0.25, 0.3) is 0 Å². The van der Waals surface area contributed by atoms with E-state index in [-0.39, 0.29) is 0 Å². The molecule has 0 aromatic carbocycles. The Morgan fingerprint density at radius 3 is 3.12 bits per heavy atom. The number of likely N-dealkylation sites (tertiary alicyclic amines) is 1. The van der Waals surface area contributed by atoms with Gasteiger partial charge in [-0.05, 0) is 45.0 Å². The second-order valence-corrected chi connectivity index (χ2v) is 4.54. The highest BCUT2D eigenvalue weighted by Crippen LogP contribution is 2.14. The summed E-state index contributed by atoms with van der Waals surface area (Å²) in [6.07, 6.45) is 2.55. The van der Waals surface area contributed by atoms with Crippen molar-refractivity contribution in [2.75, 3.05) is 25.0 Å². The zero-order valence-corrected chi connectivity index (χ0v) is 10.2. The summed E-state index contributed by atoms with van der Waals surface area (Å²) in [6, 6.07) is 6.70. The number of aryl methyl sites for hydroxylation is 1. The van der Waals surface area contributed by atoms with E-state index >= 15 is 0 Å². The summed E-state index contributed by atoms with van der Waals surface area (Å²) in [6.45, 7) is 7.80. The van der Waals surface area contributed by atoms with Crippen molar-refractivity contribution in [3.63, 3.8) is 0 Å². The van der Waals surface area contributed by atoms with Crippen LogP contribution < -0.4 is 5.32 Å². The van der Waals surface area contributed by atoms with Gasteiger partial charge in [-0.2, -0.15) is 0 Å². The molecule has 1 N–H and O–H groups in total. The van der Waals surface area contributed by atoms with E-state index in [1.54, 1.807) is 0 Å². The quantitative estimate of drug-likeness (QED) is 0.845. The van der Waals surface area contributed by atoms with Crippen molar-refractivity contribution in [3.8, 4) is 0 Å². The first-order chi connectivity index (χ1) is 7.78. The van der Waals surface area contributed by atoms with E-state index in [1.165, 1.54) is 19.4 Å². The van der Waals surface area contributed by atoms with Crippen LogP contribution in [0, 0.1) is 6.92 Å². The number of piperidine rings is 1. The molecule has 1 unspecified atom stereocenters. The summed E-state index contributed by atoms with van der Waals surface area (Å²) >= 11 is 0. The first-order valence-electron chi connectivity index (χ1n) is 6.20. The van der Waals surface area contributed by atoms with E-state index in [0.717, 1.165) is 24.6 Å². The molecular formula is C13H21N3. The molecule has 1 saturated heterocycles. The van der Waals surface area contributed by atoms with Crippen LogP contribution in [-0.4, -0.2) is 35.6 Å². The van der Waals surface area contributed by atoms with Gasteiger partial charge in [0.05, 0.1) is 0 Å². The van der Waals surface area contributed by atoms with Gasteiger partial charge in [0, 0.05) is 18.3 Å². The first-order valence-corrected chi connectivity index (χ1v) is 6.20. The molecule has 1 aliphatic heterocycles. The van der Waals surface area contributed by atoms with Crippen molar-refractivity contribution in [3.05, 3.63) is 23.9 Å². The third-order valence-corrected chi connectivity index (χ3v) is 3.19. The molecule has 1 fully saturated rings. The molecule has 0 bridgehead atoms. The maximum atomic E-state index is 4.49. The minimum absolute atomic E-state index is 0.558. The second-order valence-electron chi connectivity index (χ2n) is 4.54. The van der Waals surface area contributed by atoms with Crippen molar-refractivity contribution in [2.45, 2.75) is 32.7 Å². The first kappa shape index (κ1) is 11.4. The summed E-state index contributed by atoms with van der Waals surface area (Å²) in [5, 5.41) is 3.53. The van der Waals surface area contributed by atoms with Gasteiger partial charge >= 0.3 is 0 Å². The van der Waals surface area contributed by atoms with Crippen LogP contribution >= 0.6 is 0 Å². The highest BCUT2D eigenvalue weighted by Gasteiger charge is 2.18. The van der Waals surface area contributed by atoms with E-state index in [1.807, 2.05) is 13.0 Å². The van der Waals surface area contributed by atoms with Gasteiger partial charge in [0.25, 0.3) is 0 Å². The Hall–Kier alpha value is -1.09. The highest BCUT2D eigenvalue weighted by atomic mass is 15.2. The van der Waals surface area contributed by atoms with Crippen molar-refractivity contribution in [1.82, 2.24) is 9.88 Å². The monoisotopic (exact) mass is 219 g/mol. The van der Waals surface area contributed by atoms with Gasteiger partial charge < -0.3 is 10.2 Å². The smallest absolute Gasteiger partial charge is 0.126 e. The number of likely N-dealkylation sites (N-methyl/N-ethyl adjacent to an activating group) is 1. The number of anilines is 1. The van der Waals surface area contributed by atoms with Gasteiger partial charge in [-0.1, -0.05) is 13.0 Å². The zero-order valence-electron chi connectivity index (χ0n) is 10.2. The average Bonchev–Trinajstić information content (AvgIpc) is 2.29. The number of hydrogen-bond donors (Lipinski definition) is 1. The highest BCUT2D eigenvalue weighted by molar-refractivity contribution is 5.36. The number of pyridine rings is 1. The molecule has 88 valence electrons. The predicted octanol–water partition coefficient (Wildman–Crippen LogP) is 2.29. The average molecular weight is 219 g/mol. The lowest BCUT2D eigenvalue weighted by molar-refractivity contribution is 0.226. The van der Waals surface area contributed by atoms with Crippen molar-refractivity contribution < 1.29 is 0 Å². The van der Waals surface area contributed by atoms with Crippen LogP contribution in [0.5, 0.6) is 0 Å². The number of hydrogen-bond acceptors (Lipinski definition) is 3. The van der Waals surface area contributed by atoms with E-state index in [2.05, 4.69) is 34.3 Å². The molecule has 2 rings (SSSR count). The number of nitrogens with one attached hydrogen (secondary N) is 1. The molecule has 1 aliphatic rings. The fraction of sp³-hybridized carbons (Fsp3) is 0.615. The Balaban J connectivity index is 1.94. The molecule has 16 heavy (non-hydrogen) atoms. The maximum absolute atomic E-state index is 4.49. The van der Waals surface area contributed by atoms with Gasteiger partial charge in [-0.15, -0.1) is 0 Å². The van der Waals surface area contributed by atoms with Crippen LogP contribution in [0.3, 0.4) is 0 Å². The molecule has 1 aromatic rings. The maximum Gasteiger partial charge on any atom is 0.126 e. The molecule has 0 aliphatic carbocycles. The van der Waals surface area contributed by atoms with Crippen molar-refractivity contribution in [1.29, 1.82) is 0 Å². The minimum atomic E-state index is 0.558. The van der Waals surface area contributed by atoms with Crippen LogP contribution in [0.1, 0.15) is 25.5 Å². The lowest BCUT2D eigenvalue weighted by Gasteiger charge is -2.32. The molecule has 3 heteroatoms. The molecular weight excluding hydrogens is 198 g/mol. The number of nitrogens with zero attached hydrogens (tertiary/aromatic N) is 2.